The average Bonchev–Trinajstić information content (AvgIpc) is 2.70. The number of halogens is 3. The van der Waals surface area contributed by atoms with Crippen LogP contribution in [0.3, 0.4) is 0 Å². The lowest BCUT2D eigenvalue weighted by atomic mass is 9.86. The predicted octanol–water partition coefficient (Wildman–Crippen LogP) is 5.07. The Balaban J connectivity index is 0.00000320. The van der Waals surface area contributed by atoms with Gasteiger partial charge < -0.3 is 15.5 Å². The van der Waals surface area contributed by atoms with E-state index in [1.54, 1.807) is 0 Å². The third kappa shape index (κ3) is 6.22. The molecule has 2 aromatic rings. The molecule has 1 heterocycles. The number of aryl methyl sites for hydroxylation is 1. The standard InChI is InChI=1S/C22H28ClFN4O.ClH/c1-14-12-25-21(11-20(14)28(2)3)26-13-15-4-7-17(8-5-15)27-22(29)16-6-9-19(24)18(23)10-16;/h6,9-12,15,17H,4-5,7-8,13H2,1-3H3,(H,25,26)(H,27,29);1H. The Morgan fingerprint density at radius 2 is 1.93 bits per heavy atom. The molecule has 0 saturated heterocycles. The minimum atomic E-state index is -0.517. The second-order valence-corrected chi connectivity index (χ2v) is 8.36. The topological polar surface area (TPSA) is 57.3 Å². The number of benzene rings is 1. The van der Waals surface area contributed by atoms with Crippen LogP contribution in [0.5, 0.6) is 0 Å². The minimum absolute atomic E-state index is 0. The predicted molar refractivity (Wildman–Crippen MR) is 124 cm³/mol. The molecule has 0 bridgehead atoms. The fourth-order valence-corrected chi connectivity index (χ4v) is 3.94. The van der Waals surface area contributed by atoms with Gasteiger partial charge >= 0.3 is 0 Å². The van der Waals surface area contributed by atoms with E-state index in [4.69, 9.17) is 11.6 Å². The Morgan fingerprint density at radius 1 is 1.23 bits per heavy atom. The first-order valence-electron chi connectivity index (χ1n) is 9.97. The number of rotatable bonds is 6. The van der Waals surface area contributed by atoms with Crippen LogP contribution in [0.2, 0.25) is 5.02 Å². The molecule has 0 spiro atoms. The first-order valence-corrected chi connectivity index (χ1v) is 10.3. The van der Waals surface area contributed by atoms with Crippen molar-refractivity contribution in [1.82, 2.24) is 10.3 Å². The molecule has 164 valence electrons. The Hall–Kier alpha value is -2.05. The number of anilines is 2. The van der Waals surface area contributed by atoms with Crippen LogP contribution in [-0.2, 0) is 0 Å². The van der Waals surface area contributed by atoms with Crippen molar-refractivity contribution in [3.63, 3.8) is 0 Å². The first-order chi connectivity index (χ1) is 13.8. The van der Waals surface area contributed by atoms with E-state index in [1.165, 1.54) is 18.2 Å². The molecule has 8 heteroatoms. The normalized spacial score (nSPS) is 18.3. The summed E-state index contributed by atoms with van der Waals surface area (Å²) in [5, 5.41) is 6.47. The summed E-state index contributed by atoms with van der Waals surface area (Å²) in [6.45, 7) is 2.93. The van der Waals surface area contributed by atoms with Gasteiger partial charge in [0.1, 0.15) is 11.6 Å². The number of pyridine rings is 1. The van der Waals surface area contributed by atoms with Gasteiger partial charge in [-0.15, -0.1) is 12.4 Å². The zero-order valence-corrected chi connectivity index (χ0v) is 19.1. The van der Waals surface area contributed by atoms with Crippen molar-refractivity contribution in [2.75, 3.05) is 30.9 Å². The summed E-state index contributed by atoms with van der Waals surface area (Å²) in [4.78, 5) is 18.9. The second-order valence-electron chi connectivity index (χ2n) is 7.95. The SMILES string of the molecule is Cc1cnc(NCC2CCC(NC(=O)c3ccc(F)c(Cl)c3)CC2)cc1N(C)C.Cl. The maximum absolute atomic E-state index is 13.3. The number of nitrogens with one attached hydrogen (secondary N) is 2. The van der Waals surface area contributed by atoms with Gasteiger partial charge in [-0.05, 0) is 62.3 Å². The quantitative estimate of drug-likeness (QED) is 0.639. The zero-order chi connectivity index (χ0) is 21.0. The highest BCUT2D eigenvalue weighted by atomic mass is 35.5. The van der Waals surface area contributed by atoms with Crippen LogP contribution in [0.4, 0.5) is 15.9 Å². The van der Waals surface area contributed by atoms with Gasteiger partial charge in [0.15, 0.2) is 0 Å². The van der Waals surface area contributed by atoms with E-state index in [2.05, 4.69) is 33.5 Å². The van der Waals surface area contributed by atoms with E-state index in [0.29, 0.717) is 11.5 Å². The van der Waals surface area contributed by atoms with Gasteiger partial charge in [0.25, 0.3) is 5.91 Å². The molecule has 1 aliphatic rings. The van der Waals surface area contributed by atoms with Gasteiger partial charge in [0.2, 0.25) is 0 Å². The first kappa shape index (κ1) is 24.2. The van der Waals surface area contributed by atoms with Gasteiger partial charge in [0.05, 0.1) is 5.02 Å². The van der Waals surface area contributed by atoms with Crippen LogP contribution in [0, 0.1) is 18.7 Å². The number of carbonyl (C=O) groups is 1. The molecule has 1 aromatic heterocycles. The van der Waals surface area contributed by atoms with Crippen LogP contribution >= 0.6 is 24.0 Å². The van der Waals surface area contributed by atoms with Gasteiger partial charge in [0, 0.05) is 50.2 Å². The van der Waals surface area contributed by atoms with Crippen LogP contribution in [0.15, 0.2) is 30.5 Å². The summed E-state index contributed by atoms with van der Waals surface area (Å²) >= 11 is 5.77. The van der Waals surface area contributed by atoms with E-state index >= 15 is 0 Å². The van der Waals surface area contributed by atoms with E-state index in [9.17, 15) is 9.18 Å². The molecule has 3 rings (SSSR count). The van der Waals surface area contributed by atoms with Crippen molar-refractivity contribution in [2.24, 2.45) is 5.92 Å². The highest BCUT2D eigenvalue weighted by molar-refractivity contribution is 6.31. The third-order valence-electron chi connectivity index (χ3n) is 5.49. The molecule has 0 atom stereocenters. The molecule has 0 unspecified atom stereocenters. The smallest absolute Gasteiger partial charge is 0.251 e. The maximum atomic E-state index is 13.3. The zero-order valence-electron chi connectivity index (χ0n) is 17.5. The second kappa shape index (κ2) is 10.8. The van der Waals surface area contributed by atoms with E-state index in [0.717, 1.165) is 49.3 Å². The van der Waals surface area contributed by atoms with E-state index in [-0.39, 0.29) is 29.4 Å². The number of amides is 1. The van der Waals surface area contributed by atoms with Crippen LogP contribution < -0.4 is 15.5 Å². The summed E-state index contributed by atoms with van der Waals surface area (Å²) in [7, 11) is 4.06. The third-order valence-corrected chi connectivity index (χ3v) is 5.78. The van der Waals surface area contributed by atoms with Crippen molar-refractivity contribution in [1.29, 1.82) is 0 Å². The highest BCUT2D eigenvalue weighted by Crippen LogP contribution is 2.26. The molecule has 1 saturated carbocycles. The van der Waals surface area contributed by atoms with Gasteiger partial charge in [-0.1, -0.05) is 11.6 Å². The molecule has 2 N–H and O–H groups in total. The lowest BCUT2D eigenvalue weighted by molar-refractivity contribution is 0.0922. The average molecular weight is 455 g/mol. The van der Waals surface area contributed by atoms with Crippen molar-refractivity contribution in [2.45, 2.75) is 38.6 Å². The van der Waals surface area contributed by atoms with Crippen LogP contribution in [0.1, 0.15) is 41.6 Å². The van der Waals surface area contributed by atoms with Crippen LogP contribution in [-0.4, -0.2) is 37.6 Å². The highest BCUT2D eigenvalue weighted by Gasteiger charge is 2.23. The minimum Gasteiger partial charge on any atom is -0.377 e. The van der Waals surface area contributed by atoms with Gasteiger partial charge in [-0.2, -0.15) is 0 Å². The van der Waals surface area contributed by atoms with Crippen molar-refractivity contribution in [3.8, 4) is 0 Å². The lowest BCUT2D eigenvalue weighted by Gasteiger charge is -2.29. The van der Waals surface area contributed by atoms with Crippen molar-refractivity contribution in [3.05, 3.63) is 52.4 Å². The molecule has 0 radical (unpaired) electrons. The number of hydrogen-bond donors (Lipinski definition) is 2. The molecule has 30 heavy (non-hydrogen) atoms. The molecule has 5 nitrogen and oxygen atoms in total. The van der Waals surface area contributed by atoms with Crippen molar-refractivity contribution < 1.29 is 9.18 Å². The fraction of sp³-hybridized carbons (Fsp3) is 0.455. The Bertz CT molecular complexity index is 870. The summed E-state index contributed by atoms with van der Waals surface area (Å²) in [6.07, 6.45) is 5.82. The largest absolute Gasteiger partial charge is 0.377 e. The van der Waals surface area contributed by atoms with Gasteiger partial charge in [-0.3, -0.25) is 4.79 Å². The van der Waals surface area contributed by atoms with E-state index in [1.807, 2.05) is 20.3 Å². The molecule has 1 aliphatic carbocycles. The Morgan fingerprint density at radius 3 is 2.57 bits per heavy atom. The number of nitrogens with zero attached hydrogens (tertiary/aromatic N) is 2. The molecule has 1 fully saturated rings. The number of aromatic nitrogens is 1. The number of carbonyl (C=O) groups excluding carboxylic acids is 1. The summed E-state index contributed by atoms with van der Waals surface area (Å²) in [5.41, 5.74) is 2.70. The molecular formula is C22H29Cl2FN4O. The van der Waals surface area contributed by atoms with Crippen LogP contribution in [0.25, 0.3) is 0 Å². The maximum Gasteiger partial charge on any atom is 0.251 e. The van der Waals surface area contributed by atoms with E-state index < -0.39 is 5.82 Å². The Labute approximate surface area is 188 Å². The Kier molecular flexibility index (Phi) is 8.74. The van der Waals surface area contributed by atoms with Gasteiger partial charge in [-0.25, -0.2) is 9.37 Å². The number of hydrogen-bond acceptors (Lipinski definition) is 4. The molecular weight excluding hydrogens is 426 g/mol. The summed E-state index contributed by atoms with van der Waals surface area (Å²) in [6, 6.07) is 6.27. The molecule has 1 amide bonds. The van der Waals surface area contributed by atoms with Crippen molar-refractivity contribution >= 4 is 41.4 Å². The lowest BCUT2D eigenvalue weighted by Crippen LogP contribution is -2.38. The molecule has 1 aromatic carbocycles. The summed E-state index contributed by atoms with van der Waals surface area (Å²) < 4.78 is 13.3. The monoisotopic (exact) mass is 454 g/mol. The fourth-order valence-electron chi connectivity index (χ4n) is 3.76. The molecule has 0 aliphatic heterocycles. The summed E-state index contributed by atoms with van der Waals surface area (Å²) in [5.74, 6) is 0.725.